The van der Waals surface area contributed by atoms with E-state index in [1.807, 2.05) is 48.5 Å². The van der Waals surface area contributed by atoms with Crippen molar-refractivity contribution in [3.05, 3.63) is 59.7 Å². The minimum Gasteiger partial charge on any atom is -0.481 e. The van der Waals surface area contributed by atoms with E-state index in [0.29, 0.717) is 26.1 Å². The fraction of sp³-hybridized carbons (Fsp3) is 0.423. The Labute approximate surface area is 203 Å². The Morgan fingerprint density at radius 2 is 1.63 bits per heavy atom. The molecule has 1 aliphatic carbocycles. The molecule has 9 nitrogen and oxygen atoms in total. The molecule has 4 rings (SSSR count). The summed E-state index contributed by atoms with van der Waals surface area (Å²) < 4.78 is 10.8. The van der Waals surface area contributed by atoms with Gasteiger partial charge in [0.2, 0.25) is 5.91 Å². The number of fused-ring (bicyclic) bond motifs is 3. The standard InChI is InChI=1S/C26H30N2O7/c29-16-26(9-11-34-12-10-26)15-27-24(32)22(13-23(30)31)28-25(33)35-14-21-19-7-3-1-5-17(19)18-6-2-4-8-20(18)21/h1-8,21-22,29H,9-16H2,(H,27,32)(H,28,33)(H,30,31). The molecule has 35 heavy (non-hydrogen) atoms. The summed E-state index contributed by atoms with van der Waals surface area (Å²) in [5, 5.41) is 24.1. The molecule has 0 spiro atoms. The Morgan fingerprint density at radius 1 is 1.03 bits per heavy atom. The maximum absolute atomic E-state index is 12.7. The lowest BCUT2D eigenvalue weighted by Crippen LogP contribution is -2.51. The Hall–Kier alpha value is -3.43. The lowest BCUT2D eigenvalue weighted by Gasteiger charge is -2.35. The molecule has 0 bridgehead atoms. The van der Waals surface area contributed by atoms with Crippen molar-refractivity contribution in [3.8, 4) is 11.1 Å². The molecular weight excluding hydrogens is 452 g/mol. The molecule has 4 N–H and O–H groups in total. The number of aliphatic hydroxyl groups is 1. The predicted molar refractivity (Wildman–Crippen MR) is 127 cm³/mol. The molecule has 2 aromatic rings. The summed E-state index contributed by atoms with van der Waals surface area (Å²) in [6, 6.07) is 14.5. The van der Waals surface area contributed by atoms with Gasteiger partial charge in [0, 0.05) is 31.1 Å². The highest BCUT2D eigenvalue weighted by molar-refractivity contribution is 5.89. The Bertz CT molecular complexity index is 1040. The van der Waals surface area contributed by atoms with Crippen LogP contribution in [-0.4, -0.2) is 67.2 Å². The normalized spacial score (nSPS) is 17.1. The van der Waals surface area contributed by atoms with E-state index in [1.54, 1.807) is 0 Å². The van der Waals surface area contributed by atoms with Gasteiger partial charge >= 0.3 is 12.1 Å². The van der Waals surface area contributed by atoms with E-state index >= 15 is 0 Å². The van der Waals surface area contributed by atoms with Gasteiger partial charge in [-0.1, -0.05) is 48.5 Å². The van der Waals surface area contributed by atoms with Crippen molar-refractivity contribution in [3.63, 3.8) is 0 Å². The molecule has 0 radical (unpaired) electrons. The molecule has 0 aromatic heterocycles. The average molecular weight is 483 g/mol. The number of carboxylic acid groups (broad SMARTS) is 1. The van der Waals surface area contributed by atoms with Crippen LogP contribution in [-0.2, 0) is 19.1 Å². The van der Waals surface area contributed by atoms with Crippen molar-refractivity contribution >= 4 is 18.0 Å². The van der Waals surface area contributed by atoms with Gasteiger partial charge in [-0.05, 0) is 35.1 Å². The monoisotopic (exact) mass is 482 g/mol. The highest BCUT2D eigenvalue weighted by Gasteiger charge is 2.34. The third kappa shape index (κ3) is 5.63. The van der Waals surface area contributed by atoms with Crippen LogP contribution in [0.15, 0.2) is 48.5 Å². The van der Waals surface area contributed by atoms with Gasteiger partial charge in [-0.25, -0.2) is 4.79 Å². The first-order chi connectivity index (χ1) is 16.9. The topological polar surface area (TPSA) is 134 Å². The highest BCUT2D eigenvalue weighted by atomic mass is 16.5. The highest BCUT2D eigenvalue weighted by Crippen LogP contribution is 2.44. The van der Waals surface area contributed by atoms with Crippen molar-refractivity contribution in [2.24, 2.45) is 5.41 Å². The Kier molecular flexibility index (Phi) is 7.67. The largest absolute Gasteiger partial charge is 0.481 e. The van der Waals surface area contributed by atoms with Crippen molar-refractivity contribution in [2.45, 2.75) is 31.2 Å². The van der Waals surface area contributed by atoms with Crippen molar-refractivity contribution in [2.75, 3.05) is 33.0 Å². The zero-order valence-corrected chi connectivity index (χ0v) is 19.4. The summed E-state index contributed by atoms with van der Waals surface area (Å²) in [7, 11) is 0. The van der Waals surface area contributed by atoms with E-state index in [4.69, 9.17) is 9.47 Å². The third-order valence-electron chi connectivity index (χ3n) is 6.86. The van der Waals surface area contributed by atoms with E-state index in [-0.39, 0.29) is 25.7 Å². The minimum atomic E-state index is -1.31. The molecule has 9 heteroatoms. The van der Waals surface area contributed by atoms with Crippen LogP contribution in [0.3, 0.4) is 0 Å². The van der Waals surface area contributed by atoms with Crippen LogP contribution < -0.4 is 10.6 Å². The zero-order valence-electron chi connectivity index (χ0n) is 19.4. The summed E-state index contributed by atoms with van der Waals surface area (Å²) in [6.45, 7) is 1.04. The van der Waals surface area contributed by atoms with E-state index in [0.717, 1.165) is 22.3 Å². The van der Waals surface area contributed by atoms with Crippen LogP contribution in [0.25, 0.3) is 11.1 Å². The number of aliphatic hydroxyl groups excluding tert-OH is 1. The summed E-state index contributed by atoms with van der Waals surface area (Å²) in [4.78, 5) is 36.7. The van der Waals surface area contributed by atoms with E-state index in [2.05, 4.69) is 10.6 Å². The summed E-state index contributed by atoms with van der Waals surface area (Å²) in [5.74, 6) is -2.02. The van der Waals surface area contributed by atoms with Gasteiger partial charge in [0.25, 0.3) is 0 Å². The number of rotatable bonds is 9. The van der Waals surface area contributed by atoms with Crippen LogP contribution in [0.4, 0.5) is 4.79 Å². The summed E-state index contributed by atoms with van der Waals surface area (Å²) in [6.07, 6.45) is -0.303. The Balaban J connectivity index is 1.37. The second-order valence-corrected chi connectivity index (χ2v) is 9.11. The second kappa shape index (κ2) is 10.9. The molecule has 2 amide bonds. The molecule has 0 saturated carbocycles. The zero-order chi connectivity index (χ0) is 24.8. The van der Waals surface area contributed by atoms with Gasteiger partial charge in [0.1, 0.15) is 12.6 Å². The number of carbonyl (C=O) groups excluding carboxylic acids is 2. The number of hydrogen-bond acceptors (Lipinski definition) is 6. The molecule has 2 aliphatic rings. The smallest absolute Gasteiger partial charge is 0.407 e. The molecule has 2 aromatic carbocycles. The van der Waals surface area contributed by atoms with Crippen molar-refractivity contribution in [1.82, 2.24) is 10.6 Å². The maximum Gasteiger partial charge on any atom is 0.407 e. The van der Waals surface area contributed by atoms with Gasteiger partial charge in [0.15, 0.2) is 0 Å². The van der Waals surface area contributed by atoms with E-state index < -0.39 is 35.8 Å². The van der Waals surface area contributed by atoms with Crippen LogP contribution in [0.2, 0.25) is 0 Å². The second-order valence-electron chi connectivity index (χ2n) is 9.11. The number of amides is 2. The lowest BCUT2D eigenvalue weighted by molar-refractivity contribution is -0.140. The number of carboxylic acids is 1. The number of hydrogen-bond donors (Lipinski definition) is 4. The SMILES string of the molecule is O=C(O)CC(NC(=O)OCC1c2ccccc2-c2ccccc21)C(=O)NCC1(CO)CCOCC1. The molecule has 1 fully saturated rings. The summed E-state index contributed by atoms with van der Waals surface area (Å²) >= 11 is 0. The van der Waals surface area contributed by atoms with Crippen molar-refractivity contribution in [1.29, 1.82) is 0 Å². The van der Waals surface area contributed by atoms with Gasteiger partial charge in [-0.2, -0.15) is 0 Å². The molecule has 1 atom stereocenters. The number of alkyl carbamates (subject to hydrolysis) is 1. The lowest BCUT2D eigenvalue weighted by atomic mass is 9.81. The molecular formula is C26H30N2O7. The van der Waals surface area contributed by atoms with Crippen LogP contribution in [0, 0.1) is 5.41 Å². The fourth-order valence-corrected chi connectivity index (χ4v) is 4.76. The molecule has 1 saturated heterocycles. The average Bonchev–Trinajstić information content (AvgIpc) is 3.19. The van der Waals surface area contributed by atoms with Gasteiger partial charge < -0.3 is 30.3 Å². The number of ether oxygens (including phenoxy) is 2. The number of benzene rings is 2. The first-order valence-corrected chi connectivity index (χ1v) is 11.7. The van der Waals surface area contributed by atoms with Crippen LogP contribution in [0.1, 0.15) is 36.3 Å². The fourth-order valence-electron chi connectivity index (χ4n) is 4.76. The predicted octanol–water partition coefficient (Wildman–Crippen LogP) is 2.27. The first kappa shape index (κ1) is 24.7. The molecule has 1 heterocycles. The summed E-state index contributed by atoms with van der Waals surface area (Å²) in [5.41, 5.74) is 3.75. The van der Waals surface area contributed by atoms with Gasteiger partial charge in [-0.15, -0.1) is 0 Å². The molecule has 186 valence electrons. The number of carbonyl (C=O) groups is 3. The molecule has 1 unspecified atom stereocenters. The first-order valence-electron chi connectivity index (χ1n) is 11.7. The van der Waals surface area contributed by atoms with Gasteiger partial charge in [-0.3, -0.25) is 9.59 Å². The van der Waals surface area contributed by atoms with Crippen molar-refractivity contribution < 1.29 is 34.1 Å². The van der Waals surface area contributed by atoms with E-state index in [1.165, 1.54) is 0 Å². The quantitative estimate of drug-likeness (QED) is 0.431. The Morgan fingerprint density at radius 3 is 2.20 bits per heavy atom. The van der Waals surface area contributed by atoms with Crippen LogP contribution >= 0.6 is 0 Å². The minimum absolute atomic E-state index is 0.0505. The van der Waals surface area contributed by atoms with Crippen LogP contribution in [0.5, 0.6) is 0 Å². The number of aliphatic carboxylic acids is 1. The number of nitrogens with one attached hydrogen (secondary N) is 2. The molecule has 1 aliphatic heterocycles. The van der Waals surface area contributed by atoms with E-state index in [9.17, 15) is 24.6 Å². The maximum atomic E-state index is 12.7. The third-order valence-corrected chi connectivity index (χ3v) is 6.86. The van der Waals surface area contributed by atoms with Gasteiger partial charge in [0.05, 0.1) is 13.0 Å².